The lowest BCUT2D eigenvalue weighted by Gasteiger charge is -2.33. The molecule has 6 rings (SSSR count). The Morgan fingerprint density at radius 3 is 2.32 bits per heavy atom. The van der Waals surface area contributed by atoms with Crippen LogP contribution >= 0.6 is 24.8 Å². The van der Waals surface area contributed by atoms with E-state index >= 15 is 0 Å². The first-order valence-corrected chi connectivity index (χ1v) is 12.4. The van der Waals surface area contributed by atoms with E-state index in [1.165, 1.54) is 0 Å². The average Bonchev–Trinajstić information content (AvgIpc) is 3.47. The lowest BCUT2D eigenvalue weighted by atomic mass is 10.1. The van der Waals surface area contributed by atoms with E-state index in [-0.39, 0.29) is 31.4 Å². The van der Waals surface area contributed by atoms with Crippen LogP contribution in [0.5, 0.6) is 0 Å². The van der Waals surface area contributed by atoms with Gasteiger partial charge in [-0.15, -0.1) is 24.8 Å². The molecule has 0 amide bonds. The van der Waals surface area contributed by atoms with Crippen molar-refractivity contribution in [3.63, 3.8) is 0 Å². The second-order valence-corrected chi connectivity index (χ2v) is 9.28. The van der Waals surface area contributed by atoms with Crippen molar-refractivity contribution in [2.45, 2.75) is 18.4 Å². The second kappa shape index (κ2) is 12.4. The third kappa shape index (κ3) is 5.50. The predicted octanol–water partition coefficient (Wildman–Crippen LogP) is 3.19. The van der Waals surface area contributed by atoms with E-state index in [4.69, 9.17) is 14.7 Å². The number of rotatable bonds is 6. The Kier molecular flexibility index (Phi) is 9.22. The maximum Gasteiger partial charge on any atom is 0.233 e. The molecule has 0 unspecified atom stereocenters. The number of fused-ring (bicyclic) bond motifs is 1. The number of ether oxygens (including phenoxy) is 1. The van der Waals surface area contributed by atoms with Gasteiger partial charge in [0, 0.05) is 55.2 Å². The minimum atomic E-state index is -1.05. The number of hydrogen-bond donors (Lipinski definition) is 3. The van der Waals surface area contributed by atoms with Crippen molar-refractivity contribution in [1.29, 1.82) is 0 Å². The summed E-state index contributed by atoms with van der Waals surface area (Å²) >= 11 is 0. The Hall–Kier alpha value is -2.76. The zero-order valence-corrected chi connectivity index (χ0v) is 22.4. The topological polar surface area (TPSA) is 98.9 Å². The molecule has 0 aliphatic carbocycles. The molecule has 0 radical (unpaired) electrons. The molecule has 3 N–H and O–H groups in total. The minimum absolute atomic E-state index is 0. The number of piperazine rings is 1. The molecule has 2 aromatic heterocycles. The number of para-hydroxylation sites is 1. The van der Waals surface area contributed by atoms with Gasteiger partial charge in [0.1, 0.15) is 17.9 Å². The van der Waals surface area contributed by atoms with Crippen LogP contribution in [0, 0.1) is 0 Å². The summed E-state index contributed by atoms with van der Waals surface area (Å²) in [6.07, 6.45) is 1.06. The molecule has 2 aromatic carbocycles. The Labute approximate surface area is 233 Å². The summed E-state index contributed by atoms with van der Waals surface area (Å²) in [4.78, 5) is 14.3. The molecule has 0 saturated carbocycles. The number of halogens is 2. The summed E-state index contributed by atoms with van der Waals surface area (Å²) in [5, 5.41) is 25.1. The summed E-state index contributed by atoms with van der Waals surface area (Å²) in [7, 11) is 0. The van der Waals surface area contributed by atoms with Gasteiger partial charge in [0.25, 0.3) is 0 Å². The van der Waals surface area contributed by atoms with Crippen molar-refractivity contribution in [3.05, 3.63) is 73.1 Å². The van der Waals surface area contributed by atoms with Crippen LogP contribution < -0.4 is 10.2 Å². The summed E-state index contributed by atoms with van der Waals surface area (Å²) in [6.45, 7) is 4.52. The maximum atomic E-state index is 10.7. The van der Waals surface area contributed by atoms with Gasteiger partial charge in [-0.3, -0.25) is 9.80 Å². The highest BCUT2D eigenvalue weighted by molar-refractivity contribution is 5.94. The van der Waals surface area contributed by atoms with E-state index in [1.54, 1.807) is 0 Å². The van der Waals surface area contributed by atoms with Crippen LogP contribution in [0.2, 0.25) is 0 Å². The monoisotopic (exact) mass is 558 g/mol. The van der Waals surface area contributed by atoms with E-state index in [1.807, 2.05) is 65.5 Å². The molecule has 4 aromatic rings. The van der Waals surface area contributed by atoms with Gasteiger partial charge in [0.15, 0.2) is 6.23 Å². The van der Waals surface area contributed by atoms with Crippen molar-refractivity contribution < 1.29 is 14.9 Å². The number of aliphatic hydroxyl groups excluding tert-OH is 2. The molecule has 2 aliphatic heterocycles. The maximum absolute atomic E-state index is 10.7. The van der Waals surface area contributed by atoms with E-state index in [0.717, 1.165) is 48.4 Å². The number of aliphatic hydroxyl groups is 2. The van der Waals surface area contributed by atoms with Gasteiger partial charge in [-0.2, -0.15) is 4.98 Å². The summed E-state index contributed by atoms with van der Waals surface area (Å²) in [5.74, 6) is 0.569. The van der Waals surface area contributed by atoms with Crippen molar-refractivity contribution >= 4 is 47.5 Å². The van der Waals surface area contributed by atoms with E-state index in [2.05, 4.69) is 27.2 Å². The predicted molar refractivity (Wildman–Crippen MR) is 152 cm³/mol. The van der Waals surface area contributed by atoms with Gasteiger partial charge in [0.05, 0.1) is 13.3 Å². The van der Waals surface area contributed by atoms with Crippen LogP contribution in [0.1, 0.15) is 6.23 Å². The lowest BCUT2D eigenvalue weighted by molar-refractivity contribution is -0.0159. The molecule has 3 atom stereocenters. The van der Waals surface area contributed by atoms with Crippen molar-refractivity contribution in [1.82, 2.24) is 24.8 Å². The Bertz CT molecular complexity index is 1320. The van der Waals surface area contributed by atoms with E-state index < -0.39 is 18.4 Å². The van der Waals surface area contributed by atoms with Crippen molar-refractivity contribution in [3.8, 4) is 11.1 Å². The smallest absolute Gasteiger partial charge is 0.233 e. The van der Waals surface area contributed by atoms with Gasteiger partial charge in [-0.05, 0) is 17.7 Å². The number of aromatic nitrogens is 3. The number of benzene rings is 2. The SMILES string of the molecule is Cl.Cl.O[C@@H]1[C@H](O)CO[C@H]1n1cc(-c2ccccc2)c2cnc(N(CN3CCNCC3)c3ccccc3)nc21. The number of anilines is 2. The normalized spacial score (nSPS) is 21.6. The Morgan fingerprint density at radius 1 is 0.974 bits per heavy atom. The Balaban J connectivity index is 0.00000168. The lowest BCUT2D eigenvalue weighted by Crippen LogP contribution is -2.47. The molecule has 9 nitrogen and oxygen atoms in total. The Morgan fingerprint density at radius 2 is 1.66 bits per heavy atom. The largest absolute Gasteiger partial charge is 0.388 e. The van der Waals surface area contributed by atoms with Crippen LogP contribution in [-0.4, -0.2) is 81.3 Å². The van der Waals surface area contributed by atoms with Crippen LogP contribution in [0.15, 0.2) is 73.1 Å². The fourth-order valence-electron chi connectivity index (χ4n) is 4.94. The first-order valence-electron chi connectivity index (χ1n) is 12.4. The minimum Gasteiger partial charge on any atom is -0.388 e. The van der Waals surface area contributed by atoms with Crippen LogP contribution in [-0.2, 0) is 4.74 Å². The molecule has 4 heterocycles. The molecule has 2 saturated heterocycles. The molecular formula is C27H32Cl2N6O3. The zero-order chi connectivity index (χ0) is 24.5. The van der Waals surface area contributed by atoms with Crippen molar-refractivity contribution in [2.75, 3.05) is 44.4 Å². The van der Waals surface area contributed by atoms with Gasteiger partial charge < -0.3 is 24.8 Å². The standard InChI is InChI=1S/C27H30N6O3.2ClH/c34-23-17-36-26(24(23)35)32-16-22(19-7-3-1-4-8-19)21-15-29-27(30-25(21)32)33(20-9-5-2-6-10-20)18-31-13-11-28-12-14-31;;/h1-10,15-16,23-24,26,28,34-35H,11-14,17-18H2;2*1H/t23-,24-,26-;;/m1../s1. The average molecular weight is 559 g/mol. The number of hydrogen-bond acceptors (Lipinski definition) is 8. The molecule has 2 aliphatic rings. The summed E-state index contributed by atoms with van der Waals surface area (Å²) in [5.41, 5.74) is 3.62. The fourth-order valence-corrected chi connectivity index (χ4v) is 4.94. The first kappa shape index (κ1) is 28.3. The summed E-state index contributed by atoms with van der Waals surface area (Å²) < 4.78 is 7.63. The van der Waals surface area contributed by atoms with Gasteiger partial charge >= 0.3 is 0 Å². The van der Waals surface area contributed by atoms with Gasteiger partial charge in [-0.1, -0.05) is 48.5 Å². The van der Waals surface area contributed by atoms with Gasteiger partial charge in [0.2, 0.25) is 5.95 Å². The van der Waals surface area contributed by atoms with E-state index in [0.29, 0.717) is 18.3 Å². The van der Waals surface area contributed by atoms with Gasteiger partial charge in [-0.25, -0.2) is 4.98 Å². The highest BCUT2D eigenvalue weighted by Gasteiger charge is 2.37. The highest BCUT2D eigenvalue weighted by atomic mass is 35.5. The van der Waals surface area contributed by atoms with Crippen LogP contribution in [0.4, 0.5) is 11.6 Å². The molecular weight excluding hydrogens is 527 g/mol. The molecule has 202 valence electrons. The fraction of sp³-hybridized carbons (Fsp3) is 0.333. The quantitative estimate of drug-likeness (QED) is 0.332. The third-order valence-corrected chi connectivity index (χ3v) is 6.90. The molecule has 2 fully saturated rings. The third-order valence-electron chi connectivity index (χ3n) is 6.90. The summed E-state index contributed by atoms with van der Waals surface area (Å²) in [6, 6.07) is 20.2. The van der Waals surface area contributed by atoms with Crippen molar-refractivity contribution in [2.24, 2.45) is 0 Å². The number of nitrogens with one attached hydrogen (secondary N) is 1. The molecule has 0 spiro atoms. The van der Waals surface area contributed by atoms with Crippen LogP contribution in [0.25, 0.3) is 22.2 Å². The van der Waals surface area contributed by atoms with E-state index in [9.17, 15) is 10.2 Å². The molecule has 0 bridgehead atoms. The zero-order valence-electron chi connectivity index (χ0n) is 20.8. The highest BCUT2D eigenvalue weighted by Crippen LogP contribution is 2.36. The first-order chi connectivity index (χ1) is 17.7. The van der Waals surface area contributed by atoms with Crippen LogP contribution in [0.3, 0.4) is 0 Å². The number of nitrogens with zero attached hydrogens (tertiary/aromatic N) is 5. The molecule has 11 heteroatoms. The molecule has 38 heavy (non-hydrogen) atoms. The second-order valence-electron chi connectivity index (χ2n) is 9.28.